The van der Waals surface area contributed by atoms with Crippen LogP contribution in [-0.2, 0) is 28.6 Å². The fraction of sp³-hybridized carbons (Fsp3) is 0.932. The van der Waals surface area contributed by atoms with Gasteiger partial charge in [0.15, 0.2) is 6.10 Å². The number of hydrogen-bond acceptors (Lipinski definition) is 6. The Balaban J connectivity index is 4.26. The van der Waals surface area contributed by atoms with Gasteiger partial charge < -0.3 is 14.2 Å². The van der Waals surface area contributed by atoms with Gasteiger partial charge in [0.25, 0.3) is 0 Å². The van der Waals surface area contributed by atoms with E-state index in [9.17, 15) is 14.4 Å². The summed E-state index contributed by atoms with van der Waals surface area (Å²) >= 11 is 0. The van der Waals surface area contributed by atoms with Crippen LogP contribution in [0.5, 0.6) is 0 Å². The average molecular weight is 1130 g/mol. The molecule has 0 fully saturated rings. The fourth-order valence-corrected chi connectivity index (χ4v) is 11.5. The lowest BCUT2D eigenvalue weighted by atomic mass is 10.0. The van der Waals surface area contributed by atoms with Crippen LogP contribution in [-0.4, -0.2) is 37.2 Å². The average Bonchev–Trinajstić information content (AvgIpc) is 3.46. The Bertz CT molecular complexity index is 1250. The molecule has 0 aliphatic carbocycles. The van der Waals surface area contributed by atoms with Gasteiger partial charge in [0.2, 0.25) is 0 Å². The maximum atomic E-state index is 13.0. The van der Waals surface area contributed by atoms with Gasteiger partial charge in [-0.2, -0.15) is 0 Å². The van der Waals surface area contributed by atoms with Gasteiger partial charge in [-0.15, -0.1) is 0 Å². The highest BCUT2D eigenvalue weighted by molar-refractivity contribution is 5.71. The Labute approximate surface area is 501 Å². The molecular weight excluding hydrogens is 985 g/mol. The Morgan fingerprint density at radius 1 is 0.237 bits per heavy atom. The van der Waals surface area contributed by atoms with Gasteiger partial charge in [0, 0.05) is 19.3 Å². The molecule has 0 aromatic carbocycles. The zero-order chi connectivity index (χ0) is 57.8. The van der Waals surface area contributed by atoms with Crippen molar-refractivity contribution in [1.82, 2.24) is 0 Å². The summed E-state index contributed by atoms with van der Waals surface area (Å²) < 4.78 is 17.0. The summed E-state index contributed by atoms with van der Waals surface area (Å²) in [5.41, 5.74) is 0. The Morgan fingerprint density at radius 2 is 0.412 bits per heavy atom. The smallest absolute Gasteiger partial charge is 0.306 e. The molecule has 0 aromatic rings. The molecule has 0 heterocycles. The van der Waals surface area contributed by atoms with Gasteiger partial charge in [-0.3, -0.25) is 14.4 Å². The second-order valence-electron chi connectivity index (χ2n) is 25.2. The third-order valence-corrected chi connectivity index (χ3v) is 17.0. The van der Waals surface area contributed by atoms with Gasteiger partial charge >= 0.3 is 17.9 Å². The van der Waals surface area contributed by atoms with Crippen molar-refractivity contribution in [1.29, 1.82) is 0 Å². The summed E-state index contributed by atoms with van der Waals surface area (Å²) in [6.07, 6.45) is 83.9. The molecule has 0 amide bonds. The number of carbonyl (C=O) groups is 3. The summed E-state index contributed by atoms with van der Waals surface area (Å²) in [5.74, 6) is -0.826. The van der Waals surface area contributed by atoms with E-state index in [0.717, 1.165) is 57.8 Å². The van der Waals surface area contributed by atoms with Crippen LogP contribution in [0, 0.1) is 0 Å². The van der Waals surface area contributed by atoms with E-state index < -0.39 is 6.10 Å². The van der Waals surface area contributed by atoms with Gasteiger partial charge in [-0.25, -0.2) is 0 Å². The van der Waals surface area contributed by atoms with Crippen LogP contribution in [0.25, 0.3) is 0 Å². The standard InChI is InChI=1S/C74H142O6/c1-4-7-10-13-16-19-22-25-28-31-34-35-36-37-38-41-43-46-49-52-55-58-61-64-67-73(76)79-70-71(80-74(77)68-65-62-59-56-53-50-47-44-40-33-30-27-24-21-18-15-12-9-6-3)69-78-72(75)66-63-60-57-54-51-48-45-42-39-32-29-26-23-20-17-14-11-8-5-2/h27,30,71H,4-26,28-29,31-70H2,1-3H3/b30-27-. The lowest BCUT2D eigenvalue weighted by Gasteiger charge is -2.18. The lowest BCUT2D eigenvalue weighted by molar-refractivity contribution is -0.167. The largest absolute Gasteiger partial charge is 0.462 e. The van der Waals surface area contributed by atoms with Crippen molar-refractivity contribution in [2.75, 3.05) is 13.2 Å². The number of rotatable bonds is 69. The van der Waals surface area contributed by atoms with Crippen LogP contribution < -0.4 is 0 Å². The van der Waals surface area contributed by atoms with E-state index in [1.807, 2.05) is 0 Å². The molecule has 6 nitrogen and oxygen atoms in total. The summed E-state index contributed by atoms with van der Waals surface area (Å²) in [4.78, 5) is 38.5. The molecule has 6 heteroatoms. The third kappa shape index (κ3) is 66.9. The Morgan fingerprint density at radius 3 is 0.625 bits per heavy atom. The molecule has 1 atom stereocenters. The van der Waals surface area contributed by atoms with Crippen LogP contribution in [0.15, 0.2) is 12.2 Å². The molecule has 474 valence electrons. The number of carbonyl (C=O) groups excluding carboxylic acids is 3. The molecule has 0 N–H and O–H groups in total. The van der Waals surface area contributed by atoms with E-state index >= 15 is 0 Å². The Kier molecular flexibility index (Phi) is 68.0. The highest BCUT2D eigenvalue weighted by atomic mass is 16.6. The lowest BCUT2D eigenvalue weighted by Crippen LogP contribution is -2.30. The third-order valence-electron chi connectivity index (χ3n) is 17.0. The normalized spacial score (nSPS) is 12.0. The van der Waals surface area contributed by atoms with E-state index in [2.05, 4.69) is 32.9 Å². The number of ether oxygens (including phenoxy) is 3. The van der Waals surface area contributed by atoms with E-state index in [0.29, 0.717) is 19.3 Å². The molecule has 0 aromatic heterocycles. The van der Waals surface area contributed by atoms with Gasteiger partial charge in [0.05, 0.1) is 0 Å². The highest BCUT2D eigenvalue weighted by Gasteiger charge is 2.20. The zero-order valence-electron chi connectivity index (χ0n) is 54.6. The summed E-state index contributed by atoms with van der Waals surface area (Å²) in [5, 5.41) is 0. The van der Waals surface area contributed by atoms with E-state index in [1.54, 1.807) is 0 Å². The molecule has 0 bridgehead atoms. The minimum atomic E-state index is -0.768. The monoisotopic (exact) mass is 1130 g/mol. The first-order valence-corrected chi connectivity index (χ1v) is 36.7. The molecular formula is C74H142O6. The maximum Gasteiger partial charge on any atom is 0.306 e. The molecule has 0 spiro atoms. The van der Waals surface area contributed by atoms with E-state index in [1.165, 1.54) is 327 Å². The predicted octanol–water partition coefficient (Wildman–Crippen LogP) is 25.2. The van der Waals surface area contributed by atoms with Crippen LogP contribution in [0.1, 0.15) is 425 Å². The summed E-state index contributed by atoms with van der Waals surface area (Å²) in [6, 6.07) is 0. The maximum absolute atomic E-state index is 13.0. The van der Waals surface area contributed by atoms with Gasteiger partial charge in [-0.05, 0) is 44.9 Å². The van der Waals surface area contributed by atoms with Crippen LogP contribution in [0.4, 0.5) is 0 Å². The topological polar surface area (TPSA) is 78.9 Å². The number of esters is 3. The van der Waals surface area contributed by atoms with Crippen LogP contribution in [0.2, 0.25) is 0 Å². The first-order valence-electron chi connectivity index (χ1n) is 36.7. The minimum absolute atomic E-state index is 0.0635. The molecule has 0 radical (unpaired) electrons. The molecule has 0 aliphatic rings. The first kappa shape index (κ1) is 78.1. The van der Waals surface area contributed by atoms with Crippen LogP contribution in [0.3, 0.4) is 0 Å². The summed E-state index contributed by atoms with van der Waals surface area (Å²) in [6.45, 7) is 6.74. The quantitative estimate of drug-likeness (QED) is 0.0261. The van der Waals surface area contributed by atoms with Crippen molar-refractivity contribution in [2.45, 2.75) is 431 Å². The second kappa shape index (κ2) is 69.6. The van der Waals surface area contributed by atoms with Crippen molar-refractivity contribution in [3.8, 4) is 0 Å². The molecule has 0 aliphatic heterocycles. The molecule has 80 heavy (non-hydrogen) atoms. The van der Waals surface area contributed by atoms with Crippen molar-refractivity contribution in [3.63, 3.8) is 0 Å². The number of hydrogen-bond donors (Lipinski definition) is 0. The minimum Gasteiger partial charge on any atom is -0.462 e. The SMILES string of the molecule is CCCCCCCC/C=C\CCCCCCCCCCCC(=O)OC(COC(=O)CCCCCCCCCCCCCCCCCCCCC)COC(=O)CCCCCCCCCCCCCCCCCCCCCCCCCC. The zero-order valence-corrected chi connectivity index (χ0v) is 54.6. The van der Waals surface area contributed by atoms with Crippen molar-refractivity contribution in [3.05, 3.63) is 12.2 Å². The molecule has 0 rings (SSSR count). The molecule has 0 saturated carbocycles. The highest BCUT2D eigenvalue weighted by Crippen LogP contribution is 2.19. The molecule has 1 unspecified atom stereocenters. The van der Waals surface area contributed by atoms with Crippen LogP contribution >= 0.6 is 0 Å². The predicted molar refractivity (Wildman–Crippen MR) is 349 cm³/mol. The van der Waals surface area contributed by atoms with Gasteiger partial charge in [0.1, 0.15) is 13.2 Å². The van der Waals surface area contributed by atoms with Gasteiger partial charge in [-0.1, -0.05) is 373 Å². The number of allylic oxidation sites excluding steroid dienone is 2. The van der Waals surface area contributed by atoms with E-state index in [-0.39, 0.29) is 31.1 Å². The van der Waals surface area contributed by atoms with Crippen molar-refractivity contribution >= 4 is 17.9 Å². The second-order valence-corrected chi connectivity index (χ2v) is 25.2. The fourth-order valence-electron chi connectivity index (χ4n) is 11.5. The number of unbranched alkanes of at least 4 members (excludes halogenated alkanes) is 56. The molecule has 0 saturated heterocycles. The summed E-state index contributed by atoms with van der Waals surface area (Å²) in [7, 11) is 0. The van der Waals surface area contributed by atoms with E-state index in [4.69, 9.17) is 14.2 Å². The first-order chi connectivity index (χ1) is 39.5. The Hall–Kier alpha value is -1.85. The van der Waals surface area contributed by atoms with Crippen molar-refractivity contribution in [2.24, 2.45) is 0 Å². The van der Waals surface area contributed by atoms with Crippen molar-refractivity contribution < 1.29 is 28.6 Å².